The van der Waals surface area contributed by atoms with Crippen LogP contribution in [0.5, 0.6) is 0 Å². The number of aliphatic imine (C=N–C) groups is 1. The van der Waals surface area contributed by atoms with E-state index in [1.165, 1.54) is 10.4 Å². The van der Waals surface area contributed by atoms with Crippen molar-refractivity contribution < 1.29 is 4.74 Å². The maximum absolute atomic E-state index is 5.71. The maximum atomic E-state index is 5.71. The molecule has 1 heterocycles. The molecule has 0 radical (unpaired) electrons. The monoisotopic (exact) mass is 374 g/mol. The molecule has 0 aliphatic carbocycles. The Bertz CT molecular complexity index is 642. The summed E-state index contributed by atoms with van der Waals surface area (Å²) in [5, 5.41) is 7.73. The van der Waals surface area contributed by atoms with E-state index in [1.807, 2.05) is 24.4 Å². The minimum absolute atomic E-state index is 0.625. The minimum atomic E-state index is 0.625. The molecule has 0 saturated heterocycles. The molecule has 5 nitrogen and oxygen atoms in total. The Balaban J connectivity index is 1.60. The molecule has 2 rings (SSSR count). The zero-order chi connectivity index (χ0) is 18.5. The highest BCUT2D eigenvalue weighted by Crippen LogP contribution is 2.13. The molecule has 142 valence electrons. The van der Waals surface area contributed by atoms with E-state index < -0.39 is 0 Å². The van der Waals surface area contributed by atoms with E-state index in [-0.39, 0.29) is 0 Å². The number of nitrogens with one attached hydrogen (secondary N) is 2. The predicted molar refractivity (Wildman–Crippen MR) is 110 cm³/mol. The van der Waals surface area contributed by atoms with E-state index in [4.69, 9.17) is 4.74 Å². The first-order valence-corrected chi connectivity index (χ1v) is 10.2. The average Bonchev–Trinajstić information content (AvgIpc) is 3.14. The summed E-state index contributed by atoms with van der Waals surface area (Å²) in [6.07, 6.45) is 5.07. The fraction of sp³-hybridized carbons (Fsp3) is 0.500. The van der Waals surface area contributed by atoms with Crippen LogP contribution in [0.3, 0.4) is 0 Å². The summed E-state index contributed by atoms with van der Waals surface area (Å²) < 4.78 is 5.71. The Labute approximate surface area is 160 Å². The molecule has 0 saturated carbocycles. The van der Waals surface area contributed by atoms with E-state index in [0.29, 0.717) is 13.2 Å². The standard InChI is InChI=1S/C20H30N4OS/c1-3-18-14-23-19(26-18)15-24-20(21-4-2)22-12-8-9-13-25-16-17-10-6-5-7-11-17/h5-7,10-11,14H,3-4,8-9,12-13,15-16H2,1-2H3,(H2,21,22,24). The second-order valence-electron chi connectivity index (χ2n) is 5.94. The summed E-state index contributed by atoms with van der Waals surface area (Å²) in [5.41, 5.74) is 1.22. The Hall–Kier alpha value is -1.92. The average molecular weight is 375 g/mol. The zero-order valence-corrected chi connectivity index (χ0v) is 16.6. The van der Waals surface area contributed by atoms with Gasteiger partial charge in [-0.2, -0.15) is 0 Å². The highest BCUT2D eigenvalue weighted by molar-refractivity contribution is 7.11. The lowest BCUT2D eigenvalue weighted by Crippen LogP contribution is -2.37. The Morgan fingerprint density at radius 3 is 2.73 bits per heavy atom. The number of thiazole rings is 1. The topological polar surface area (TPSA) is 58.5 Å². The van der Waals surface area contributed by atoms with Crippen molar-refractivity contribution in [3.8, 4) is 0 Å². The lowest BCUT2D eigenvalue weighted by atomic mass is 10.2. The van der Waals surface area contributed by atoms with Gasteiger partial charge in [-0.25, -0.2) is 9.98 Å². The molecule has 1 aromatic carbocycles. The summed E-state index contributed by atoms with van der Waals surface area (Å²) in [5.74, 6) is 0.853. The van der Waals surface area contributed by atoms with Gasteiger partial charge in [-0.3, -0.25) is 0 Å². The van der Waals surface area contributed by atoms with Crippen molar-refractivity contribution in [3.05, 3.63) is 52.0 Å². The second kappa shape index (κ2) is 12.4. The van der Waals surface area contributed by atoms with Crippen LogP contribution in [-0.4, -0.2) is 30.6 Å². The molecule has 26 heavy (non-hydrogen) atoms. The number of unbranched alkanes of at least 4 members (excludes halogenated alkanes) is 1. The number of nitrogens with zero attached hydrogens (tertiary/aromatic N) is 2. The van der Waals surface area contributed by atoms with Gasteiger partial charge in [-0.05, 0) is 31.7 Å². The normalized spacial score (nSPS) is 11.5. The Morgan fingerprint density at radius 1 is 1.15 bits per heavy atom. The first kappa shape index (κ1) is 20.4. The number of guanidine groups is 1. The van der Waals surface area contributed by atoms with E-state index in [1.54, 1.807) is 11.3 Å². The van der Waals surface area contributed by atoms with E-state index in [9.17, 15) is 0 Å². The number of rotatable bonds is 11. The zero-order valence-electron chi connectivity index (χ0n) is 15.8. The van der Waals surface area contributed by atoms with Crippen LogP contribution in [0.15, 0.2) is 41.5 Å². The SMILES string of the molecule is CCNC(=NCc1ncc(CC)s1)NCCCCOCc1ccccc1. The van der Waals surface area contributed by atoms with Crippen LogP contribution in [-0.2, 0) is 24.3 Å². The molecule has 2 aromatic rings. The van der Waals surface area contributed by atoms with Crippen molar-refractivity contribution in [3.63, 3.8) is 0 Å². The molecule has 0 aliphatic rings. The summed E-state index contributed by atoms with van der Waals surface area (Å²) in [6, 6.07) is 10.3. The highest BCUT2D eigenvalue weighted by Gasteiger charge is 2.01. The molecule has 0 spiro atoms. The van der Waals surface area contributed by atoms with Crippen molar-refractivity contribution >= 4 is 17.3 Å². The third kappa shape index (κ3) is 7.97. The first-order valence-electron chi connectivity index (χ1n) is 9.39. The lowest BCUT2D eigenvalue weighted by molar-refractivity contribution is 0.117. The van der Waals surface area contributed by atoms with Gasteiger partial charge < -0.3 is 15.4 Å². The van der Waals surface area contributed by atoms with Crippen molar-refractivity contribution in [2.24, 2.45) is 4.99 Å². The Morgan fingerprint density at radius 2 is 2.00 bits per heavy atom. The van der Waals surface area contributed by atoms with Gasteiger partial charge in [0.15, 0.2) is 5.96 Å². The van der Waals surface area contributed by atoms with E-state index in [2.05, 4.69) is 46.6 Å². The van der Waals surface area contributed by atoms with Gasteiger partial charge in [0, 0.05) is 30.8 Å². The molecule has 6 heteroatoms. The fourth-order valence-corrected chi connectivity index (χ4v) is 3.16. The van der Waals surface area contributed by atoms with Crippen molar-refractivity contribution in [2.75, 3.05) is 19.7 Å². The molecule has 1 aromatic heterocycles. The van der Waals surface area contributed by atoms with Gasteiger partial charge in [0.25, 0.3) is 0 Å². The number of benzene rings is 1. The number of hydrogen-bond acceptors (Lipinski definition) is 4. The first-order chi connectivity index (χ1) is 12.8. The molecule has 0 unspecified atom stereocenters. The molecule has 0 amide bonds. The maximum Gasteiger partial charge on any atom is 0.191 e. The number of aryl methyl sites for hydroxylation is 1. The number of ether oxygens (including phenoxy) is 1. The molecule has 0 aliphatic heterocycles. The molecular formula is C20H30N4OS. The van der Waals surface area contributed by atoms with E-state index >= 15 is 0 Å². The second-order valence-corrected chi connectivity index (χ2v) is 7.14. The molecule has 0 atom stereocenters. The molecular weight excluding hydrogens is 344 g/mol. The van der Waals surface area contributed by atoms with Crippen LogP contribution in [0, 0.1) is 0 Å². The minimum Gasteiger partial charge on any atom is -0.377 e. The van der Waals surface area contributed by atoms with Crippen LogP contribution in [0.2, 0.25) is 0 Å². The van der Waals surface area contributed by atoms with Crippen LogP contribution < -0.4 is 10.6 Å². The largest absolute Gasteiger partial charge is 0.377 e. The van der Waals surface area contributed by atoms with Crippen LogP contribution in [0.4, 0.5) is 0 Å². The molecule has 0 fully saturated rings. The lowest BCUT2D eigenvalue weighted by Gasteiger charge is -2.11. The quantitative estimate of drug-likeness (QED) is 0.357. The van der Waals surface area contributed by atoms with Crippen molar-refractivity contribution in [1.29, 1.82) is 0 Å². The van der Waals surface area contributed by atoms with Crippen LogP contribution >= 0.6 is 11.3 Å². The van der Waals surface area contributed by atoms with Gasteiger partial charge in [-0.1, -0.05) is 37.3 Å². The summed E-state index contributed by atoms with van der Waals surface area (Å²) >= 11 is 1.74. The van der Waals surface area contributed by atoms with Gasteiger partial charge >= 0.3 is 0 Å². The summed E-state index contributed by atoms with van der Waals surface area (Å²) in [4.78, 5) is 10.3. The highest BCUT2D eigenvalue weighted by atomic mass is 32.1. The smallest absolute Gasteiger partial charge is 0.191 e. The van der Waals surface area contributed by atoms with E-state index in [0.717, 1.165) is 49.9 Å². The van der Waals surface area contributed by atoms with Gasteiger partial charge in [0.05, 0.1) is 13.2 Å². The molecule has 0 bridgehead atoms. The van der Waals surface area contributed by atoms with Gasteiger partial charge in [0.2, 0.25) is 0 Å². The van der Waals surface area contributed by atoms with Crippen LogP contribution in [0.25, 0.3) is 0 Å². The predicted octanol–water partition coefficient (Wildman–Crippen LogP) is 3.76. The van der Waals surface area contributed by atoms with Crippen LogP contribution in [0.1, 0.15) is 42.1 Å². The van der Waals surface area contributed by atoms with Crippen molar-refractivity contribution in [2.45, 2.75) is 46.3 Å². The van der Waals surface area contributed by atoms with Gasteiger partial charge in [-0.15, -0.1) is 11.3 Å². The summed E-state index contributed by atoms with van der Waals surface area (Å²) in [6.45, 7) is 8.06. The third-order valence-electron chi connectivity index (χ3n) is 3.79. The Kier molecular flexibility index (Phi) is 9.75. The summed E-state index contributed by atoms with van der Waals surface area (Å²) in [7, 11) is 0. The van der Waals surface area contributed by atoms with Crippen molar-refractivity contribution in [1.82, 2.24) is 15.6 Å². The number of aromatic nitrogens is 1. The third-order valence-corrected chi connectivity index (χ3v) is 4.91. The van der Waals surface area contributed by atoms with Gasteiger partial charge in [0.1, 0.15) is 5.01 Å². The molecule has 2 N–H and O–H groups in total. The fourth-order valence-electron chi connectivity index (χ4n) is 2.37. The number of hydrogen-bond donors (Lipinski definition) is 2.